The van der Waals surface area contributed by atoms with Gasteiger partial charge in [-0.05, 0) is 64.7 Å². The third-order valence-electron chi connectivity index (χ3n) is 3.66. The summed E-state index contributed by atoms with van der Waals surface area (Å²) in [4.78, 5) is 11.1. The van der Waals surface area contributed by atoms with Gasteiger partial charge in [-0.2, -0.15) is 0 Å². The molecule has 0 aliphatic heterocycles. The van der Waals surface area contributed by atoms with Crippen LogP contribution in [0.25, 0.3) is 0 Å². The van der Waals surface area contributed by atoms with Crippen LogP contribution in [-0.2, 0) is 9.53 Å². The first-order valence-corrected chi connectivity index (χ1v) is 10.2. The third kappa shape index (κ3) is 20.2. The van der Waals surface area contributed by atoms with Crippen LogP contribution < -0.4 is 0 Å². The van der Waals surface area contributed by atoms with E-state index in [2.05, 4.69) is 67.7 Å². The van der Waals surface area contributed by atoms with Gasteiger partial charge in [-0.25, -0.2) is 0 Å². The van der Waals surface area contributed by atoms with Crippen LogP contribution in [0.4, 0.5) is 0 Å². The summed E-state index contributed by atoms with van der Waals surface area (Å²) >= 11 is 0. The van der Waals surface area contributed by atoms with Gasteiger partial charge in [0.15, 0.2) is 0 Å². The summed E-state index contributed by atoms with van der Waals surface area (Å²) < 4.78 is 4.88. The van der Waals surface area contributed by atoms with E-state index in [0.717, 1.165) is 57.8 Å². The number of hydrogen-bond donors (Lipinski definition) is 0. The van der Waals surface area contributed by atoms with E-state index in [1.165, 1.54) is 0 Å². The largest absolute Gasteiger partial charge is 0.466 e. The molecule has 0 saturated carbocycles. The molecule has 0 aliphatic rings. The Morgan fingerprint density at radius 2 is 1.04 bits per heavy atom. The Morgan fingerprint density at radius 1 is 0.615 bits per heavy atom. The van der Waals surface area contributed by atoms with Crippen LogP contribution in [0.2, 0.25) is 0 Å². The maximum Gasteiger partial charge on any atom is 0.306 e. The second-order valence-corrected chi connectivity index (χ2v) is 6.08. The number of esters is 1. The van der Waals surface area contributed by atoms with Crippen LogP contribution >= 0.6 is 0 Å². The van der Waals surface area contributed by atoms with E-state index < -0.39 is 0 Å². The highest BCUT2D eigenvalue weighted by Gasteiger charge is 1.97. The number of rotatable bonds is 16. The van der Waals surface area contributed by atoms with Crippen molar-refractivity contribution in [2.24, 2.45) is 0 Å². The van der Waals surface area contributed by atoms with Crippen molar-refractivity contribution >= 4 is 5.97 Å². The molecule has 0 heterocycles. The van der Waals surface area contributed by atoms with Gasteiger partial charge in [-0.1, -0.05) is 67.7 Å². The molecule has 146 valence electrons. The van der Waals surface area contributed by atoms with Crippen molar-refractivity contribution in [3.05, 3.63) is 60.8 Å². The summed E-state index contributed by atoms with van der Waals surface area (Å²) in [6.45, 7) is 4.47. The lowest BCUT2D eigenvalue weighted by Gasteiger charge is -1.97. The minimum atomic E-state index is -0.107. The Labute approximate surface area is 161 Å². The Kier molecular flexibility index (Phi) is 19.7. The highest BCUT2D eigenvalue weighted by molar-refractivity contribution is 5.69. The number of carbonyl (C=O) groups excluding carboxylic acids is 1. The zero-order chi connectivity index (χ0) is 19.1. The molecule has 0 fully saturated rings. The molecular weight excluding hydrogens is 320 g/mol. The lowest BCUT2D eigenvalue weighted by atomic mass is 10.2. The predicted molar refractivity (Wildman–Crippen MR) is 114 cm³/mol. The SMILES string of the molecule is CCC=CCCC=CCC=CCCC=CCCC=CCCC(=O)OCC. The van der Waals surface area contributed by atoms with Crippen LogP contribution in [0.3, 0.4) is 0 Å². The molecule has 26 heavy (non-hydrogen) atoms. The van der Waals surface area contributed by atoms with Crippen LogP contribution in [0.1, 0.15) is 78.1 Å². The second-order valence-electron chi connectivity index (χ2n) is 6.08. The van der Waals surface area contributed by atoms with Crippen molar-refractivity contribution in [1.82, 2.24) is 0 Å². The third-order valence-corrected chi connectivity index (χ3v) is 3.66. The summed E-state index contributed by atoms with van der Waals surface area (Å²) in [6.07, 6.45) is 32.3. The molecule has 2 heteroatoms. The minimum absolute atomic E-state index is 0.107. The highest BCUT2D eigenvalue weighted by Crippen LogP contribution is 2.01. The standard InChI is InChI=1S/C24H38O2/c1-3-5-6-7-8-9-10-11-12-13-14-15-16-17-18-19-20-21-22-23-24(25)26-4-2/h5-6,9-10,12-13,16-17,20-21H,3-4,7-8,11,14-15,18-19,22-23H2,1-2H3. The van der Waals surface area contributed by atoms with Gasteiger partial charge < -0.3 is 4.74 Å². The smallest absolute Gasteiger partial charge is 0.306 e. The average Bonchev–Trinajstić information content (AvgIpc) is 2.64. The van der Waals surface area contributed by atoms with Crippen LogP contribution in [0.5, 0.6) is 0 Å². The van der Waals surface area contributed by atoms with E-state index in [0.29, 0.717) is 13.0 Å². The molecule has 0 amide bonds. The van der Waals surface area contributed by atoms with Crippen molar-refractivity contribution < 1.29 is 9.53 Å². The molecule has 0 atom stereocenters. The van der Waals surface area contributed by atoms with Crippen LogP contribution in [-0.4, -0.2) is 12.6 Å². The van der Waals surface area contributed by atoms with E-state index >= 15 is 0 Å². The molecule has 0 aliphatic carbocycles. The normalized spacial score (nSPS) is 12.5. The molecule has 0 aromatic rings. The molecule has 0 spiro atoms. The fourth-order valence-corrected chi connectivity index (χ4v) is 2.27. The monoisotopic (exact) mass is 358 g/mol. The number of ether oxygens (including phenoxy) is 1. The lowest BCUT2D eigenvalue weighted by molar-refractivity contribution is -0.143. The average molecular weight is 359 g/mol. The van der Waals surface area contributed by atoms with Crippen molar-refractivity contribution in [2.75, 3.05) is 6.61 Å². The van der Waals surface area contributed by atoms with Crippen molar-refractivity contribution in [3.8, 4) is 0 Å². The molecule has 0 aromatic carbocycles. The minimum Gasteiger partial charge on any atom is -0.466 e. The Morgan fingerprint density at radius 3 is 1.50 bits per heavy atom. The summed E-state index contributed by atoms with van der Waals surface area (Å²) in [5.41, 5.74) is 0. The van der Waals surface area contributed by atoms with Crippen LogP contribution in [0.15, 0.2) is 60.8 Å². The Hall–Kier alpha value is -1.83. The summed E-state index contributed by atoms with van der Waals surface area (Å²) in [5.74, 6) is -0.107. The number of hydrogen-bond acceptors (Lipinski definition) is 2. The number of allylic oxidation sites excluding steroid dienone is 10. The van der Waals surface area contributed by atoms with Crippen molar-refractivity contribution in [2.45, 2.75) is 78.1 Å². The molecule has 0 N–H and O–H groups in total. The van der Waals surface area contributed by atoms with Gasteiger partial charge in [-0.15, -0.1) is 0 Å². The lowest BCUT2D eigenvalue weighted by Crippen LogP contribution is -2.02. The Balaban J connectivity index is 3.43. The first-order chi connectivity index (χ1) is 12.8. The first kappa shape index (κ1) is 24.2. The van der Waals surface area contributed by atoms with Gasteiger partial charge in [0.05, 0.1) is 6.61 Å². The van der Waals surface area contributed by atoms with Gasteiger partial charge in [0.1, 0.15) is 0 Å². The van der Waals surface area contributed by atoms with E-state index in [-0.39, 0.29) is 5.97 Å². The predicted octanol–water partition coefficient (Wildman–Crippen LogP) is 7.25. The second kappa shape index (κ2) is 21.2. The van der Waals surface area contributed by atoms with Gasteiger partial charge in [0.25, 0.3) is 0 Å². The van der Waals surface area contributed by atoms with Crippen molar-refractivity contribution in [3.63, 3.8) is 0 Å². The quantitative estimate of drug-likeness (QED) is 0.165. The fraction of sp³-hybridized carbons (Fsp3) is 0.542. The number of unbranched alkanes of at least 4 members (excludes halogenated alkanes) is 3. The summed E-state index contributed by atoms with van der Waals surface area (Å²) in [6, 6.07) is 0. The molecule has 2 nitrogen and oxygen atoms in total. The molecule has 0 saturated heterocycles. The maximum absolute atomic E-state index is 11.1. The molecule has 0 aromatic heterocycles. The summed E-state index contributed by atoms with van der Waals surface area (Å²) in [7, 11) is 0. The van der Waals surface area contributed by atoms with Gasteiger partial charge in [0, 0.05) is 6.42 Å². The topological polar surface area (TPSA) is 26.3 Å². The molecule has 0 rings (SSSR count). The highest BCUT2D eigenvalue weighted by atomic mass is 16.5. The molecule has 0 unspecified atom stereocenters. The van der Waals surface area contributed by atoms with Gasteiger partial charge in [0.2, 0.25) is 0 Å². The maximum atomic E-state index is 11.1. The zero-order valence-electron chi connectivity index (χ0n) is 16.9. The Bertz CT molecular complexity index is 453. The van der Waals surface area contributed by atoms with Gasteiger partial charge in [-0.3, -0.25) is 4.79 Å². The van der Waals surface area contributed by atoms with Crippen molar-refractivity contribution in [1.29, 1.82) is 0 Å². The first-order valence-electron chi connectivity index (χ1n) is 10.2. The van der Waals surface area contributed by atoms with E-state index in [9.17, 15) is 4.79 Å². The van der Waals surface area contributed by atoms with Crippen LogP contribution in [0, 0.1) is 0 Å². The summed E-state index contributed by atoms with van der Waals surface area (Å²) in [5, 5.41) is 0. The van der Waals surface area contributed by atoms with Gasteiger partial charge >= 0.3 is 5.97 Å². The van der Waals surface area contributed by atoms with E-state index in [1.54, 1.807) is 0 Å². The zero-order valence-corrected chi connectivity index (χ0v) is 16.9. The number of carbonyl (C=O) groups is 1. The fourth-order valence-electron chi connectivity index (χ4n) is 2.27. The molecule has 0 radical (unpaired) electrons. The van der Waals surface area contributed by atoms with E-state index in [1.807, 2.05) is 6.92 Å². The molecular formula is C24H38O2. The molecule has 0 bridgehead atoms. The van der Waals surface area contributed by atoms with E-state index in [4.69, 9.17) is 4.74 Å².